The van der Waals surface area contributed by atoms with E-state index >= 15 is 0 Å². The molecule has 0 amide bonds. The summed E-state index contributed by atoms with van der Waals surface area (Å²) in [5.74, 6) is 2.27. The Bertz CT molecular complexity index is 972. The second-order valence-corrected chi connectivity index (χ2v) is 8.01. The normalized spacial score (nSPS) is 17.4. The molecule has 0 radical (unpaired) electrons. The van der Waals surface area contributed by atoms with Gasteiger partial charge in [0, 0.05) is 75.7 Å². The van der Waals surface area contributed by atoms with Crippen molar-refractivity contribution in [2.75, 3.05) is 40.5 Å². The van der Waals surface area contributed by atoms with Crippen molar-refractivity contribution in [3.63, 3.8) is 0 Å². The van der Waals surface area contributed by atoms with E-state index in [-0.39, 0.29) is 12.6 Å². The third-order valence-electron chi connectivity index (χ3n) is 5.93. The highest BCUT2D eigenvalue weighted by Gasteiger charge is 2.27. The maximum atomic E-state index is 9.70. The van der Waals surface area contributed by atoms with Crippen molar-refractivity contribution >= 4 is 0 Å². The Morgan fingerprint density at radius 3 is 2.44 bits per heavy atom. The molecule has 1 unspecified atom stereocenters. The van der Waals surface area contributed by atoms with Crippen LogP contribution < -0.4 is 9.47 Å². The first-order valence-electron chi connectivity index (χ1n) is 10.9. The summed E-state index contributed by atoms with van der Waals surface area (Å²) in [4.78, 5) is 13.6. The van der Waals surface area contributed by atoms with E-state index in [4.69, 9.17) is 9.47 Å². The van der Waals surface area contributed by atoms with Gasteiger partial charge in [-0.15, -0.1) is 0 Å². The number of rotatable bonds is 9. The molecule has 1 aromatic carbocycles. The Hall–Kier alpha value is -2.94. The van der Waals surface area contributed by atoms with E-state index in [0.29, 0.717) is 5.95 Å². The molecule has 170 valence electrons. The Balaban J connectivity index is 1.45. The molecule has 4 rings (SSSR count). The van der Waals surface area contributed by atoms with Gasteiger partial charge in [0.2, 0.25) is 5.95 Å². The average molecular weight is 438 g/mol. The summed E-state index contributed by atoms with van der Waals surface area (Å²) < 4.78 is 12.9. The average Bonchev–Trinajstić information content (AvgIpc) is 3.29. The van der Waals surface area contributed by atoms with E-state index in [9.17, 15) is 5.11 Å². The molecule has 1 N–H and O–H groups in total. The van der Waals surface area contributed by atoms with Crippen molar-refractivity contribution in [1.82, 2.24) is 24.3 Å². The minimum absolute atomic E-state index is 0.171. The summed E-state index contributed by atoms with van der Waals surface area (Å²) in [6.45, 7) is 4.54. The first-order valence-corrected chi connectivity index (χ1v) is 10.9. The van der Waals surface area contributed by atoms with Crippen molar-refractivity contribution < 1.29 is 14.6 Å². The second-order valence-electron chi connectivity index (χ2n) is 8.01. The number of benzene rings is 1. The fourth-order valence-corrected chi connectivity index (χ4v) is 4.31. The Morgan fingerprint density at radius 2 is 1.75 bits per heavy atom. The van der Waals surface area contributed by atoms with Gasteiger partial charge in [0.05, 0.1) is 14.2 Å². The zero-order valence-corrected chi connectivity index (χ0v) is 18.7. The molecule has 1 aliphatic rings. The van der Waals surface area contributed by atoms with E-state index < -0.39 is 0 Å². The van der Waals surface area contributed by atoms with Gasteiger partial charge in [0.25, 0.3) is 0 Å². The van der Waals surface area contributed by atoms with Crippen LogP contribution in [0.3, 0.4) is 0 Å². The van der Waals surface area contributed by atoms with E-state index in [0.717, 1.165) is 61.9 Å². The molecule has 32 heavy (non-hydrogen) atoms. The Labute approximate surface area is 189 Å². The predicted octanol–water partition coefficient (Wildman–Crippen LogP) is 2.35. The molecule has 0 saturated carbocycles. The first-order chi connectivity index (χ1) is 15.7. The number of hydrogen-bond donors (Lipinski definition) is 1. The van der Waals surface area contributed by atoms with Crippen molar-refractivity contribution in [3.05, 3.63) is 66.2 Å². The smallest absolute Gasteiger partial charge is 0.233 e. The molecule has 1 fully saturated rings. The molecule has 1 aliphatic heterocycles. The monoisotopic (exact) mass is 437 g/mol. The van der Waals surface area contributed by atoms with E-state index in [1.807, 2.05) is 29.0 Å². The number of aromatic nitrogens is 3. The molecular formula is C24H31N5O3. The third kappa shape index (κ3) is 5.27. The third-order valence-corrected chi connectivity index (χ3v) is 5.93. The number of ether oxygens (including phenoxy) is 2. The van der Waals surface area contributed by atoms with Gasteiger partial charge >= 0.3 is 0 Å². The lowest BCUT2D eigenvalue weighted by atomic mass is 10.1. The van der Waals surface area contributed by atoms with Gasteiger partial charge < -0.3 is 14.6 Å². The Morgan fingerprint density at radius 1 is 1.00 bits per heavy atom. The number of hydrogen-bond acceptors (Lipinski definition) is 7. The quantitative estimate of drug-likeness (QED) is 0.551. The summed E-state index contributed by atoms with van der Waals surface area (Å²) in [5, 5.41) is 9.70. The fourth-order valence-electron chi connectivity index (χ4n) is 4.31. The van der Waals surface area contributed by atoms with Crippen LogP contribution in [0, 0.1) is 0 Å². The maximum absolute atomic E-state index is 9.70. The maximum Gasteiger partial charge on any atom is 0.233 e. The topological polar surface area (TPSA) is 75.9 Å². The lowest BCUT2D eigenvalue weighted by Gasteiger charge is -2.41. The molecule has 3 heterocycles. The SMILES string of the molecule is COc1cc(CN2CCN(Cc3cccn3-c3ncccn3)CC2CCO)cc(OC)c1. The van der Waals surface area contributed by atoms with Crippen LogP contribution in [-0.2, 0) is 13.1 Å². The fraction of sp³-hybridized carbons (Fsp3) is 0.417. The van der Waals surface area contributed by atoms with Gasteiger partial charge in [-0.25, -0.2) is 9.97 Å². The number of nitrogens with zero attached hydrogens (tertiary/aromatic N) is 5. The standard InChI is InChI=1S/C24H31N5O3/c1-31-22-13-19(14-23(15-22)32-2)16-28-11-10-27(17-20(28)6-12-30)18-21-5-3-9-29(21)24-25-7-4-8-26-24/h3-5,7-9,13-15,20,30H,6,10-12,16-18H2,1-2H3. The van der Waals surface area contributed by atoms with Crippen LogP contribution in [-0.4, -0.2) is 75.9 Å². The van der Waals surface area contributed by atoms with Crippen molar-refractivity contribution in [3.8, 4) is 17.4 Å². The van der Waals surface area contributed by atoms with Gasteiger partial charge in [0.15, 0.2) is 0 Å². The second kappa shape index (κ2) is 10.6. The van der Waals surface area contributed by atoms with E-state index in [1.165, 1.54) is 0 Å². The lowest BCUT2D eigenvalue weighted by molar-refractivity contribution is 0.0491. The van der Waals surface area contributed by atoms with Crippen molar-refractivity contribution in [2.24, 2.45) is 0 Å². The summed E-state index contributed by atoms with van der Waals surface area (Å²) in [5.41, 5.74) is 2.30. The van der Waals surface area contributed by atoms with Crippen LogP contribution in [0.5, 0.6) is 11.5 Å². The highest BCUT2D eigenvalue weighted by molar-refractivity contribution is 5.38. The zero-order chi connectivity index (χ0) is 22.3. The highest BCUT2D eigenvalue weighted by Crippen LogP contribution is 2.25. The van der Waals surface area contributed by atoms with Crippen LogP contribution in [0.2, 0.25) is 0 Å². The van der Waals surface area contributed by atoms with Gasteiger partial charge in [-0.2, -0.15) is 0 Å². The molecule has 8 heteroatoms. The van der Waals surface area contributed by atoms with Gasteiger partial charge in [-0.3, -0.25) is 14.4 Å². The first kappa shape index (κ1) is 22.3. The van der Waals surface area contributed by atoms with Gasteiger partial charge in [-0.1, -0.05) is 0 Å². The largest absolute Gasteiger partial charge is 0.497 e. The van der Waals surface area contributed by atoms with Crippen molar-refractivity contribution in [1.29, 1.82) is 0 Å². The lowest BCUT2D eigenvalue weighted by Crippen LogP contribution is -2.52. The van der Waals surface area contributed by atoms with Gasteiger partial charge in [-0.05, 0) is 42.3 Å². The molecule has 8 nitrogen and oxygen atoms in total. The molecule has 2 aromatic heterocycles. The number of aliphatic hydroxyl groups excluding tert-OH is 1. The highest BCUT2D eigenvalue weighted by atomic mass is 16.5. The number of piperazine rings is 1. The summed E-state index contributed by atoms with van der Waals surface area (Å²) in [7, 11) is 3.34. The molecule has 3 aromatic rings. The summed E-state index contributed by atoms with van der Waals surface area (Å²) in [6.07, 6.45) is 6.26. The van der Waals surface area contributed by atoms with Crippen LogP contribution >= 0.6 is 0 Å². The van der Waals surface area contributed by atoms with Crippen LogP contribution in [0.15, 0.2) is 55.0 Å². The molecule has 0 aliphatic carbocycles. The van der Waals surface area contributed by atoms with E-state index in [1.54, 1.807) is 26.6 Å². The van der Waals surface area contributed by atoms with Crippen molar-refractivity contribution in [2.45, 2.75) is 25.6 Å². The number of aliphatic hydroxyl groups is 1. The predicted molar refractivity (Wildman–Crippen MR) is 122 cm³/mol. The van der Waals surface area contributed by atoms with Gasteiger partial charge in [0.1, 0.15) is 11.5 Å². The zero-order valence-electron chi connectivity index (χ0n) is 18.7. The minimum atomic E-state index is 0.171. The van der Waals surface area contributed by atoms with Crippen LogP contribution in [0.25, 0.3) is 5.95 Å². The molecule has 0 spiro atoms. The molecule has 1 saturated heterocycles. The summed E-state index contributed by atoms with van der Waals surface area (Å²) in [6, 6.07) is 12.2. The Kier molecular flexibility index (Phi) is 7.36. The molecule has 0 bridgehead atoms. The van der Waals surface area contributed by atoms with Crippen LogP contribution in [0.4, 0.5) is 0 Å². The minimum Gasteiger partial charge on any atom is -0.497 e. The summed E-state index contributed by atoms with van der Waals surface area (Å²) >= 11 is 0. The molecular weight excluding hydrogens is 406 g/mol. The van der Waals surface area contributed by atoms with Crippen LogP contribution in [0.1, 0.15) is 17.7 Å². The number of methoxy groups -OCH3 is 2. The van der Waals surface area contributed by atoms with E-state index in [2.05, 4.69) is 38.0 Å². The molecule has 1 atom stereocenters.